The van der Waals surface area contributed by atoms with Crippen molar-refractivity contribution >= 4 is 16.7 Å². The zero-order valence-corrected chi connectivity index (χ0v) is 10.1. The number of Topliss-reactive ketones (excluding diaryl/α,β-unsaturated/α-hetero) is 1. The van der Waals surface area contributed by atoms with Crippen LogP contribution in [0.1, 0.15) is 10.4 Å². The molecule has 102 valence electrons. The predicted molar refractivity (Wildman–Crippen MR) is 61.8 cm³/mol. The first kappa shape index (κ1) is 13.3. The Labute approximate surface area is 106 Å². The number of ether oxygens (including phenoxy) is 2. The van der Waals surface area contributed by atoms with Crippen LogP contribution < -0.4 is 9.47 Å². The van der Waals surface area contributed by atoms with E-state index in [9.17, 15) is 18.0 Å². The standard InChI is InChI=1S/C12H10F3NO3/c1-18-9-3-6-7(11(17)12(13,14)15)5-16-8(6)4-10(9)19-2/h3-5,16H,1-2H3. The van der Waals surface area contributed by atoms with Crippen molar-refractivity contribution in [3.8, 4) is 11.5 Å². The van der Waals surface area contributed by atoms with E-state index in [2.05, 4.69) is 4.98 Å². The van der Waals surface area contributed by atoms with Crippen molar-refractivity contribution < 1.29 is 27.4 Å². The molecule has 19 heavy (non-hydrogen) atoms. The highest BCUT2D eigenvalue weighted by atomic mass is 19.4. The number of benzene rings is 1. The van der Waals surface area contributed by atoms with Crippen LogP contribution in [0.3, 0.4) is 0 Å². The second-order valence-electron chi connectivity index (χ2n) is 3.78. The van der Waals surface area contributed by atoms with Gasteiger partial charge in [-0.15, -0.1) is 0 Å². The van der Waals surface area contributed by atoms with E-state index in [1.807, 2.05) is 0 Å². The predicted octanol–water partition coefficient (Wildman–Crippen LogP) is 2.93. The number of fused-ring (bicyclic) bond motifs is 1. The van der Waals surface area contributed by atoms with Crippen LogP contribution >= 0.6 is 0 Å². The summed E-state index contributed by atoms with van der Waals surface area (Å²) in [6, 6.07) is 2.81. The molecule has 4 nitrogen and oxygen atoms in total. The summed E-state index contributed by atoms with van der Waals surface area (Å²) in [6.07, 6.45) is -3.89. The van der Waals surface area contributed by atoms with E-state index >= 15 is 0 Å². The Hall–Kier alpha value is -2.18. The van der Waals surface area contributed by atoms with Crippen molar-refractivity contribution in [3.63, 3.8) is 0 Å². The minimum atomic E-state index is -4.91. The summed E-state index contributed by atoms with van der Waals surface area (Å²) < 4.78 is 47.4. The minimum Gasteiger partial charge on any atom is -0.493 e. The summed E-state index contributed by atoms with van der Waals surface area (Å²) in [5, 5.41) is 0.139. The first-order chi connectivity index (χ1) is 8.88. The van der Waals surface area contributed by atoms with Crippen LogP contribution in [0.15, 0.2) is 18.3 Å². The molecule has 1 aromatic heterocycles. The molecule has 0 aliphatic rings. The van der Waals surface area contributed by atoms with Crippen LogP contribution in [0.5, 0.6) is 11.5 Å². The smallest absolute Gasteiger partial charge is 0.454 e. The Balaban J connectivity index is 2.63. The van der Waals surface area contributed by atoms with Crippen molar-refractivity contribution in [3.05, 3.63) is 23.9 Å². The average Bonchev–Trinajstić information content (AvgIpc) is 2.77. The van der Waals surface area contributed by atoms with Gasteiger partial charge in [0.1, 0.15) is 0 Å². The topological polar surface area (TPSA) is 51.3 Å². The van der Waals surface area contributed by atoms with Crippen LogP contribution in [-0.2, 0) is 0 Å². The molecule has 0 radical (unpaired) electrons. The van der Waals surface area contributed by atoms with E-state index in [4.69, 9.17) is 9.47 Å². The Morgan fingerprint density at radius 1 is 1.16 bits per heavy atom. The maximum absolute atomic E-state index is 12.4. The number of alkyl halides is 3. The third-order valence-electron chi connectivity index (χ3n) is 2.69. The van der Waals surface area contributed by atoms with E-state index < -0.39 is 17.5 Å². The molecule has 0 amide bonds. The molecular weight excluding hydrogens is 263 g/mol. The zero-order chi connectivity index (χ0) is 14.2. The summed E-state index contributed by atoms with van der Waals surface area (Å²) in [5.41, 5.74) is -0.0753. The highest BCUT2D eigenvalue weighted by Crippen LogP contribution is 2.35. The summed E-state index contributed by atoms with van der Waals surface area (Å²) in [7, 11) is 2.77. The third kappa shape index (κ3) is 2.23. The second kappa shape index (κ2) is 4.49. The molecule has 1 heterocycles. The fraction of sp³-hybridized carbons (Fsp3) is 0.250. The number of H-pyrrole nitrogens is 1. The van der Waals surface area contributed by atoms with Gasteiger partial charge < -0.3 is 14.5 Å². The lowest BCUT2D eigenvalue weighted by atomic mass is 10.1. The lowest BCUT2D eigenvalue weighted by Gasteiger charge is -2.08. The number of hydrogen-bond acceptors (Lipinski definition) is 3. The summed E-state index contributed by atoms with van der Waals surface area (Å²) in [6.45, 7) is 0. The molecule has 0 saturated heterocycles. The Kier molecular flexibility index (Phi) is 3.13. The van der Waals surface area contributed by atoms with Gasteiger partial charge in [-0.25, -0.2) is 0 Å². The van der Waals surface area contributed by atoms with Gasteiger partial charge in [-0.3, -0.25) is 4.79 Å². The zero-order valence-electron chi connectivity index (χ0n) is 10.1. The van der Waals surface area contributed by atoms with E-state index in [0.29, 0.717) is 11.3 Å². The van der Waals surface area contributed by atoms with Crippen LogP contribution in [0.4, 0.5) is 13.2 Å². The van der Waals surface area contributed by atoms with Gasteiger partial charge in [0.2, 0.25) is 0 Å². The minimum absolute atomic E-state index is 0.139. The molecule has 0 saturated carbocycles. The molecule has 1 N–H and O–H groups in total. The van der Waals surface area contributed by atoms with E-state index in [1.165, 1.54) is 26.4 Å². The van der Waals surface area contributed by atoms with Gasteiger partial charge in [-0.05, 0) is 6.07 Å². The van der Waals surface area contributed by atoms with Crippen LogP contribution in [0.25, 0.3) is 10.9 Å². The second-order valence-corrected chi connectivity index (χ2v) is 3.78. The van der Waals surface area contributed by atoms with Crippen molar-refractivity contribution in [2.24, 2.45) is 0 Å². The lowest BCUT2D eigenvalue weighted by Crippen LogP contribution is -2.22. The Morgan fingerprint density at radius 2 is 1.74 bits per heavy atom. The fourth-order valence-corrected chi connectivity index (χ4v) is 1.79. The number of nitrogens with one attached hydrogen (secondary N) is 1. The molecule has 0 bridgehead atoms. The van der Waals surface area contributed by atoms with E-state index in [1.54, 1.807) is 0 Å². The first-order valence-electron chi connectivity index (χ1n) is 5.23. The van der Waals surface area contributed by atoms with Crippen molar-refractivity contribution in [2.75, 3.05) is 14.2 Å². The number of halogens is 3. The number of methoxy groups -OCH3 is 2. The lowest BCUT2D eigenvalue weighted by molar-refractivity contribution is -0.0884. The normalized spacial score (nSPS) is 11.6. The first-order valence-corrected chi connectivity index (χ1v) is 5.23. The highest BCUT2D eigenvalue weighted by Gasteiger charge is 2.40. The maximum Gasteiger partial charge on any atom is 0.454 e. The molecule has 0 atom stereocenters. The van der Waals surface area contributed by atoms with E-state index in [0.717, 1.165) is 6.20 Å². The maximum atomic E-state index is 12.4. The molecule has 2 rings (SSSR count). The fourth-order valence-electron chi connectivity index (χ4n) is 1.79. The van der Waals surface area contributed by atoms with Gasteiger partial charge in [-0.1, -0.05) is 0 Å². The van der Waals surface area contributed by atoms with Gasteiger partial charge in [0.15, 0.2) is 11.5 Å². The molecule has 0 fully saturated rings. The summed E-state index contributed by atoms with van der Waals surface area (Å²) >= 11 is 0. The quantitative estimate of drug-likeness (QED) is 0.875. The molecule has 0 unspecified atom stereocenters. The molecule has 1 aromatic carbocycles. The van der Waals surface area contributed by atoms with Gasteiger partial charge in [0.05, 0.1) is 25.3 Å². The van der Waals surface area contributed by atoms with Crippen molar-refractivity contribution in [2.45, 2.75) is 6.18 Å². The molecule has 7 heteroatoms. The van der Waals surface area contributed by atoms with Gasteiger partial charge in [-0.2, -0.15) is 13.2 Å². The van der Waals surface area contributed by atoms with Gasteiger partial charge in [0, 0.05) is 17.6 Å². The molecule has 2 aromatic rings. The number of rotatable bonds is 3. The van der Waals surface area contributed by atoms with Gasteiger partial charge >= 0.3 is 6.18 Å². The molecule has 0 aliphatic carbocycles. The SMILES string of the molecule is COc1cc2[nH]cc(C(=O)C(F)(F)F)c2cc1OC. The van der Waals surface area contributed by atoms with Gasteiger partial charge in [0.25, 0.3) is 5.78 Å². The Bertz CT molecular complexity index is 631. The molecule has 0 aliphatic heterocycles. The van der Waals surface area contributed by atoms with Crippen molar-refractivity contribution in [1.82, 2.24) is 4.98 Å². The van der Waals surface area contributed by atoms with Crippen LogP contribution in [0, 0.1) is 0 Å². The number of aromatic nitrogens is 1. The Morgan fingerprint density at radius 3 is 2.26 bits per heavy atom. The number of hydrogen-bond donors (Lipinski definition) is 1. The third-order valence-corrected chi connectivity index (χ3v) is 2.69. The average molecular weight is 273 g/mol. The number of carbonyl (C=O) groups excluding carboxylic acids is 1. The summed E-state index contributed by atoms with van der Waals surface area (Å²) in [5.74, 6) is -1.28. The molecular formula is C12H10F3NO3. The summed E-state index contributed by atoms with van der Waals surface area (Å²) in [4.78, 5) is 13.9. The van der Waals surface area contributed by atoms with E-state index in [-0.39, 0.29) is 11.1 Å². The number of aromatic amines is 1. The van der Waals surface area contributed by atoms with Crippen LogP contribution in [-0.4, -0.2) is 31.2 Å². The van der Waals surface area contributed by atoms with Crippen molar-refractivity contribution in [1.29, 1.82) is 0 Å². The monoisotopic (exact) mass is 273 g/mol. The number of ketones is 1. The highest BCUT2D eigenvalue weighted by molar-refractivity contribution is 6.11. The number of carbonyl (C=O) groups is 1. The van der Waals surface area contributed by atoms with Crippen LogP contribution in [0.2, 0.25) is 0 Å². The largest absolute Gasteiger partial charge is 0.493 e. The molecule has 0 spiro atoms.